The molecule has 0 unspecified atom stereocenters. The molecular weight excluding hydrogens is 352 g/mol. The second kappa shape index (κ2) is 9.04. The van der Waals surface area contributed by atoms with Crippen molar-refractivity contribution in [3.63, 3.8) is 0 Å². The maximum absolute atomic E-state index is 12.6. The van der Waals surface area contributed by atoms with Crippen molar-refractivity contribution in [3.05, 3.63) is 28.8 Å². The summed E-state index contributed by atoms with van der Waals surface area (Å²) in [6.07, 6.45) is 2.67. The number of hydrogen-bond acceptors (Lipinski definition) is 3. The van der Waals surface area contributed by atoms with E-state index in [1.54, 1.807) is 18.2 Å². The summed E-state index contributed by atoms with van der Waals surface area (Å²) in [4.78, 5) is 13.4. The minimum Gasteiger partial charge on any atom is -0.493 e. The molecule has 0 aromatic heterocycles. The third kappa shape index (κ3) is 5.59. The van der Waals surface area contributed by atoms with E-state index in [9.17, 15) is 13.6 Å². The van der Waals surface area contributed by atoms with Crippen molar-refractivity contribution in [2.45, 2.75) is 38.7 Å². The topological polar surface area (TPSA) is 38.8 Å². The lowest BCUT2D eigenvalue weighted by Gasteiger charge is -2.20. The highest BCUT2D eigenvalue weighted by Crippen LogP contribution is 2.37. The predicted molar refractivity (Wildman–Crippen MR) is 93.6 cm³/mol. The number of rotatable bonds is 9. The number of hydrogen-bond donors (Lipinski definition) is 0. The number of alkyl halides is 2. The van der Waals surface area contributed by atoms with Crippen LogP contribution in [0.25, 0.3) is 6.08 Å². The van der Waals surface area contributed by atoms with Gasteiger partial charge in [0.25, 0.3) is 6.43 Å². The van der Waals surface area contributed by atoms with Crippen molar-refractivity contribution in [2.24, 2.45) is 0 Å². The number of carbonyl (C=O) groups excluding carboxylic acids is 1. The minimum atomic E-state index is -2.54. The Morgan fingerprint density at radius 3 is 2.72 bits per heavy atom. The molecule has 1 saturated carbocycles. The van der Waals surface area contributed by atoms with E-state index in [2.05, 4.69) is 0 Å². The number of amides is 1. The molecule has 4 nitrogen and oxygen atoms in total. The van der Waals surface area contributed by atoms with Crippen LogP contribution in [0.15, 0.2) is 18.2 Å². The Labute approximate surface area is 151 Å². The van der Waals surface area contributed by atoms with E-state index in [-0.39, 0.29) is 6.04 Å². The molecule has 25 heavy (non-hydrogen) atoms. The molecule has 1 amide bonds. The van der Waals surface area contributed by atoms with Crippen LogP contribution in [0.4, 0.5) is 8.78 Å². The van der Waals surface area contributed by atoms with Crippen molar-refractivity contribution in [2.75, 3.05) is 20.3 Å². The molecule has 0 radical (unpaired) electrons. The summed E-state index contributed by atoms with van der Waals surface area (Å²) in [5.41, 5.74) is 0.631. The summed E-state index contributed by atoms with van der Waals surface area (Å²) >= 11 is 6.22. The highest BCUT2D eigenvalue weighted by atomic mass is 35.5. The Morgan fingerprint density at radius 1 is 1.44 bits per heavy atom. The molecular formula is C18H22ClF2NO3. The maximum atomic E-state index is 12.6. The molecule has 1 aliphatic carbocycles. The molecule has 1 fully saturated rings. The Kier molecular flexibility index (Phi) is 7.05. The maximum Gasteiger partial charge on any atom is 0.255 e. The van der Waals surface area contributed by atoms with Crippen molar-refractivity contribution in [1.29, 1.82) is 0 Å². The molecule has 0 N–H and O–H groups in total. The monoisotopic (exact) mass is 373 g/mol. The van der Waals surface area contributed by atoms with Crippen LogP contribution >= 0.6 is 11.6 Å². The molecule has 0 aliphatic heterocycles. The molecule has 0 atom stereocenters. The quantitative estimate of drug-likeness (QED) is 0.602. The Morgan fingerprint density at radius 2 is 2.16 bits per heavy atom. The van der Waals surface area contributed by atoms with Crippen molar-refractivity contribution in [1.82, 2.24) is 4.90 Å². The van der Waals surface area contributed by atoms with Gasteiger partial charge >= 0.3 is 0 Å². The highest BCUT2D eigenvalue weighted by molar-refractivity contribution is 6.32. The second-order valence-electron chi connectivity index (χ2n) is 5.83. The molecule has 1 aliphatic rings. The Hall–Kier alpha value is -1.82. The summed E-state index contributed by atoms with van der Waals surface area (Å²) in [7, 11) is 1.50. The molecule has 1 aromatic carbocycles. The largest absolute Gasteiger partial charge is 0.493 e. The minimum absolute atomic E-state index is 0.0749. The van der Waals surface area contributed by atoms with Gasteiger partial charge < -0.3 is 14.4 Å². The first-order valence-electron chi connectivity index (χ1n) is 8.23. The summed E-state index contributed by atoms with van der Waals surface area (Å²) < 4.78 is 36.1. The van der Waals surface area contributed by atoms with Crippen LogP contribution in [0.3, 0.4) is 0 Å². The van der Waals surface area contributed by atoms with Crippen LogP contribution in [0, 0.1) is 0 Å². The van der Waals surface area contributed by atoms with Gasteiger partial charge in [-0.15, -0.1) is 0 Å². The molecule has 2 rings (SSSR count). The first-order chi connectivity index (χ1) is 12.0. The average Bonchev–Trinajstić information content (AvgIpc) is 3.40. The molecule has 138 valence electrons. The number of methoxy groups -OCH3 is 1. The van der Waals surface area contributed by atoms with E-state index in [1.807, 2.05) is 6.92 Å². The van der Waals surface area contributed by atoms with Gasteiger partial charge in [0, 0.05) is 12.1 Å². The second-order valence-corrected chi connectivity index (χ2v) is 6.24. The van der Waals surface area contributed by atoms with E-state index >= 15 is 0 Å². The third-order valence-corrected chi connectivity index (χ3v) is 4.01. The van der Waals surface area contributed by atoms with Gasteiger partial charge in [-0.1, -0.05) is 18.5 Å². The van der Waals surface area contributed by atoms with Crippen LogP contribution < -0.4 is 9.47 Å². The zero-order valence-electron chi connectivity index (χ0n) is 14.3. The number of benzene rings is 1. The first kappa shape index (κ1) is 19.5. The molecule has 0 spiro atoms. The van der Waals surface area contributed by atoms with Gasteiger partial charge in [0.1, 0.15) is 0 Å². The summed E-state index contributed by atoms with van der Waals surface area (Å²) in [5.74, 6) is 0.482. The number of nitrogens with zero attached hydrogens (tertiary/aromatic N) is 1. The van der Waals surface area contributed by atoms with E-state index in [0.29, 0.717) is 28.7 Å². The van der Waals surface area contributed by atoms with Gasteiger partial charge in [-0.2, -0.15) is 0 Å². The lowest BCUT2D eigenvalue weighted by molar-refractivity contribution is -0.128. The van der Waals surface area contributed by atoms with Gasteiger partial charge in [0.15, 0.2) is 11.5 Å². The molecule has 1 aromatic rings. The van der Waals surface area contributed by atoms with Crippen LogP contribution in [-0.4, -0.2) is 43.5 Å². The predicted octanol–water partition coefficient (Wildman–Crippen LogP) is 4.41. The zero-order chi connectivity index (χ0) is 18.4. The lowest BCUT2D eigenvalue weighted by atomic mass is 10.1. The summed E-state index contributed by atoms with van der Waals surface area (Å²) in [6, 6.07) is 3.26. The van der Waals surface area contributed by atoms with Gasteiger partial charge in [0.05, 0.1) is 25.3 Å². The van der Waals surface area contributed by atoms with Crippen LogP contribution in [0.1, 0.15) is 31.7 Å². The molecule has 0 heterocycles. The summed E-state index contributed by atoms with van der Waals surface area (Å²) in [5, 5.41) is 0.367. The summed E-state index contributed by atoms with van der Waals surface area (Å²) in [6.45, 7) is 1.95. The van der Waals surface area contributed by atoms with Gasteiger partial charge in [-0.05, 0) is 43.0 Å². The first-order valence-corrected chi connectivity index (χ1v) is 8.61. The fourth-order valence-electron chi connectivity index (χ4n) is 2.40. The van der Waals surface area contributed by atoms with Gasteiger partial charge in [-0.3, -0.25) is 4.79 Å². The fraction of sp³-hybridized carbons (Fsp3) is 0.500. The number of carbonyl (C=O) groups is 1. The molecule has 0 saturated heterocycles. The Balaban J connectivity index is 2.14. The van der Waals surface area contributed by atoms with Crippen molar-refractivity contribution in [3.8, 4) is 11.5 Å². The van der Waals surface area contributed by atoms with Gasteiger partial charge in [0.2, 0.25) is 5.91 Å². The smallest absolute Gasteiger partial charge is 0.255 e. The van der Waals surface area contributed by atoms with Gasteiger partial charge in [-0.25, -0.2) is 8.78 Å². The third-order valence-electron chi connectivity index (χ3n) is 3.73. The number of halogens is 3. The number of ether oxygens (including phenoxy) is 2. The van der Waals surface area contributed by atoms with Crippen molar-refractivity contribution < 1.29 is 23.0 Å². The van der Waals surface area contributed by atoms with Crippen LogP contribution in [0.5, 0.6) is 11.5 Å². The Bertz CT molecular complexity index is 633. The van der Waals surface area contributed by atoms with E-state index < -0.39 is 18.9 Å². The van der Waals surface area contributed by atoms with Crippen LogP contribution in [0.2, 0.25) is 5.02 Å². The standard InChI is InChI=1S/C18H22ClF2NO3/c1-3-8-25-18-14(19)9-12(10-15(18)24-2)4-7-17(23)22(11-16(20)21)13-5-6-13/h4,7,9-10,13,16H,3,5-6,8,11H2,1-2H3. The lowest BCUT2D eigenvalue weighted by Crippen LogP contribution is -2.35. The highest BCUT2D eigenvalue weighted by Gasteiger charge is 2.33. The fourth-order valence-corrected chi connectivity index (χ4v) is 2.67. The molecule has 0 bridgehead atoms. The average molecular weight is 374 g/mol. The van der Waals surface area contributed by atoms with E-state index in [4.69, 9.17) is 21.1 Å². The van der Waals surface area contributed by atoms with E-state index in [0.717, 1.165) is 19.3 Å². The normalized spacial score (nSPS) is 14.2. The van der Waals surface area contributed by atoms with Crippen LogP contribution in [-0.2, 0) is 4.79 Å². The SMILES string of the molecule is CCCOc1c(Cl)cc(C=CC(=O)N(CC(F)F)C2CC2)cc1OC. The van der Waals surface area contributed by atoms with E-state index in [1.165, 1.54) is 18.1 Å². The zero-order valence-corrected chi connectivity index (χ0v) is 15.1. The molecule has 7 heteroatoms. The van der Waals surface area contributed by atoms with Crippen molar-refractivity contribution >= 4 is 23.6 Å².